The largest absolute Gasteiger partial charge is 0.231 e. The summed E-state index contributed by atoms with van der Waals surface area (Å²) < 4.78 is 1.98. The first kappa shape index (κ1) is 11.4. The molecule has 0 saturated heterocycles. The molecule has 2 aromatic rings. The van der Waals surface area contributed by atoms with Crippen LogP contribution in [-0.4, -0.2) is 9.78 Å². The van der Waals surface area contributed by atoms with E-state index in [1.54, 1.807) is 0 Å². The van der Waals surface area contributed by atoms with Crippen molar-refractivity contribution in [3.8, 4) is 5.00 Å². The number of hydrogen-bond acceptors (Lipinski definition) is 2. The van der Waals surface area contributed by atoms with Gasteiger partial charge in [-0.25, -0.2) is 4.68 Å². The van der Waals surface area contributed by atoms with Crippen molar-refractivity contribution >= 4 is 11.3 Å². The SMILES string of the molecule is CC(C)c1cnn(-c2ccc(C(C)C)s2)c1. The molecule has 0 aliphatic carbocycles. The third kappa shape index (κ3) is 2.19. The maximum absolute atomic E-state index is 4.41. The van der Waals surface area contributed by atoms with Crippen LogP contribution in [0.2, 0.25) is 0 Å². The molecule has 3 heteroatoms. The Kier molecular flexibility index (Phi) is 3.15. The molecule has 0 radical (unpaired) electrons. The van der Waals surface area contributed by atoms with Gasteiger partial charge in [0.1, 0.15) is 5.00 Å². The van der Waals surface area contributed by atoms with Crippen LogP contribution >= 0.6 is 11.3 Å². The lowest BCUT2D eigenvalue weighted by Gasteiger charge is -1.99. The van der Waals surface area contributed by atoms with Crippen LogP contribution < -0.4 is 0 Å². The molecule has 0 aliphatic heterocycles. The van der Waals surface area contributed by atoms with Crippen molar-refractivity contribution in [3.05, 3.63) is 35.0 Å². The standard InChI is InChI=1S/C13H18N2S/c1-9(2)11-7-14-15(8-11)13-6-5-12(16-13)10(3)4/h5-10H,1-4H3. The Morgan fingerprint density at radius 2 is 1.88 bits per heavy atom. The van der Waals surface area contributed by atoms with Crippen molar-refractivity contribution in [1.29, 1.82) is 0 Å². The quantitative estimate of drug-likeness (QED) is 0.779. The van der Waals surface area contributed by atoms with Gasteiger partial charge in [0.2, 0.25) is 0 Å². The second-order valence-electron chi connectivity index (χ2n) is 4.70. The van der Waals surface area contributed by atoms with Crippen LogP contribution in [-0.2, 0) is 0 Å². The van der Waals surface area contributed by atoms with E-state index in [0.29, 0.717) is 11.8 Å². The highest BCUT2D eigenvalue weighted by Crippen LogP contribution is 2.27. The summed E-state index contributed by atoms with van der Waals surface area (Å²) >= 11 is 1.82. The molecule has 0 fully saturated rings. The van der Waals surface area contributed by atoms with E-state index in [-0.39, 0.29) is 0 Å². The lowest BCUT2D eigenvalue weighted by atomic mass is 10.1. The zero-order valence-corrected chi connectivity index (χ0v) is 11.1. The van der Waals surface area contributed by atoms with E-state index < -0.39 is 0 Å². The topological polar surface area (TPSA) is 17.8 Å². The molecule has 0 N–H and O–H groups in total. The maximum Gasteiger partial charge on any atom is 0.117 e. The average Bonchev–Trinajstić information content (AvgIpc) is 2.86. The Labute approximate surface area is 101 Å². The molecule has 0 bridgehead atoms. The Morgan fingerprint density at radius 3 is 2.38 bits per heavy atom. The van der Waals surface area contributed by atoms with E-state index in [2.05, 4.69) is 51.1 Å². The first-order chi connectivity index (χ1) is 7.58. The van der Waals surface area contributed by atoms with Gasteiger partial charge < -0.3 is 0 Å². The van der Waals surface area contributed by atoms with Crippen molar-refractivity contribution in [3.63, 3.8) is 0 Å². The normalized spacial score (nSPS) is 11.6. The van der Waals surface area contributed by atoms with Gasteiger partial charge in [0.25, 0.3) is 0 Å². The van der Waals surface area contributed by atoms with Gasteiger partial charge in [-0.3, -0.25) is 0 Å². The van der Waals surface area contributed by atoms with Crippen molar-refractivity contribution in [2.45, 2.75) is 39.5 Å². The number of hydrogen-bond donors (Lipinski definition) is 0. The lowest BCUT2D eigenvalue weighted by Crippen LogP contribution is -1.89. The van der Waals surface area contributed by atoms with Crippen LogP contribution in [0.4, 0.5) is 0 Å². The predicted molar refractivity (Wildman–Crippen MR) is 69.6 cm³/mol. The fraction of sp³-hybridized carbons (Fsp3) is 0.462. The zero-order chi connectivity index (χ0) is 11.7. The van der Waals surface area contributed by atoms with Gasteiger partial charge in [-0.2, -0.15) is 5.10 Å². The Balaban J connectivity index is 2.28. The Bertz CT molecular complexity index is 421. The van der Waals surface area contributed by atoms with Gasteiger partial charge in [-0.1, -0.05) is 27.7 Å². The number of aromatic nitrogens is 2. The van der Waals surface area contributed by atoms with Crippen molar-refractivity contribution in [2.75, 3.05) is 0 Å². The van der Waals surface area contributed by atoms with Gasteiger partial charge in [0, 0.05) is 11.1 Å². The summed E-state index contributed by atoms with van der Waals surface area (Å²) in [5.41, 5.74) is 1.29. The minimum Gasteiger partial charge on any atom is -0.231 e. The molecule has 86 valence electrons. The number of nitrogens with zero attached hydrogens (tertiary/aromatic N) is 2. The molecule has 0 amide bonds. The van der Waals surface area contributed by atoms with Crippen LogP contribution in [0.3, 0.4) is 0 Å². The second-order valence-corrected chi connectivity index (χ2v) is 5.80. The van der Waals surface area contributed by atoms with Gasteiger partial charge >= 0.3 is 0 Å². The van der Waals surface area contributed by atoms with Crippen molar-refractivity contribution in [2.24, 2.45) is 0 Å². The fourth-order valence-corrected chi connectivity index (χ4v) is 2.47. The average molecular weight is 234 g/mol. The Morgan fingerprint density at radius 1 is 1.12 bits per heavy atom. The molecule has 0 atom stereocenters. The van der Waals surface area contributed by atoms with Crippen LogP contribution in [0, 0.1) is 0 Å². The van der Waals surface area contributed by atoms with E-state index >= 15 is 0 Å². The zero-order valence-electron chi connectivity index (χ0n) is 10.3. The summed E-state index contributed by atoms with van der Waals surface area (Å²) in [5.74, 6) is 1.14. The van der Waals surface area contributed by atoms with Gasteiger partial charge in [0.05, 0.1) is 6.20 Å². The predicted octanol–water partition coefficient (Wildman–Crippen LogP) is 4.18. The first-order valence-electron chi connectivity index (χ1n) is 5.72. The molecule has 0 spiro atoms. The summed E-state index contributed by atoms with van der Waals surface area (Å²) in [4.78, 5) is 1.41. The molecule has 0 aromatic carbocycles. The van der Waals surface area contributed by atoms with E-state index in [4.69, 9.17) is 0 Å². The highest BCUT2D eigenvalue weighted by atomic mass is 32.1. The summed E-state index contributed by atoms with van der Waals surface area (Å²) in [6.45, 7) is 8.82. The third-order valence-electron chi connectivity index (χ3n) is 2.68. The second kappa shape index (κ2) is 4.42. The lowest BCUT2D eigenvalue weighted by molar-refractivity contribution is 0.862. The van der Waals surface area contributed by atoms with Gasteiger partial charge in [-0.05, 0) is 29.5 Å². The van der Waals surface area contributed by atoms with Crippen molar-refractivity contribution in [1.82, 2.24) is 9.78 Å². The minimum atomic E-state index is 0.540. The third-order valence-corrected chi connectivity index (χ3v) is 4.05. The highest BCUT2D eigenvalue weighted by Gasteiger charge is 2.08. The molecule has 2 rings (SSSR count). The maximum atomic E-state index is 4.41. The van der Waals surface area contributed by atoms with E-state index in [0.717, 1.165) is 0 Å². The molecule has 0 unspecified atom stereocenters. The van der Waals surface area contributed by atoms with Crippen molar-refractivity contribution < 1.29 is 0 Å². The number of rotatable bonds is 3. The highest BCUT2D eigenvalue weighted by molar-refractivity contribution is 7.14. The van der Waals surface area contributed by atoms with Crippen LogP contribution in [0.15, 0.2) is 24.5 Å². The van der Waals surface area contributed by atoms with Crippen LogP contribution in [0.25, 0.3) is 5.00 Å². The molecule has 16 heavy (non-hydrogen) atoms. The van der Waals surface area contributed by atoms with E-state index in [1.165, 1.54) is 15.4 Å². The minimum absolute atomic E-state index is 0.540. The van der Waals surface area contributed by atoms with Gasteiger partial charge in [-0.15, -0.1) is 11.3 Å². The smallest absolute Gasteiger partial charge is 0.117 e. The molecular formula is C13H18N2S. The van der Waals surface area contributed by atoms with Crippen LogP contribution in [0.5, 0.6) is 0 Å². The summed E-state index contributed by atoms with van der Waals surface area (Å²) in [6, 6.07) is 4.35. The van der Waals surface area contributed by atoms with Gasteiger partial charge in [0.15, 0.2) is 0 Å². The summed E-state index contributed by atoms with van der Waals surface area (Å²) in [6.07, 6.45) is 4.08. The molecule has 2 aromatic heterocycles. The first-order valence-corrected chi connectivity index (χ1v) is 6.54. The molecule has 0 aliphatic rings. The molecular weight excluding hydrogens is 216 g/mol. The molecule has 2 nitrogen and oxygen atoms in total. The van der Waals surface area contributed by atoms with E-state index in [9.17, 15) is 0 Å². The Hall–Kier alpha value is -1.09. The summed E-state index contributed by atoms with van der Waals surface area (Å²) in [7, 11) is 0. The fourth-order valence-electron chi connectivity index (χ4n) is 1.53. The molecule has 2 heterocycles. The summed E-state index contributed by atoms with van der Waals surface area (Å²) in [5, 5.41) is 5.61. The molecule has 0 saturated carbocycles. The van der Waals surface area contributed by atoms with Crippen LogP contribution in [0.1, 0.15) is 50.0 Å². The number of thiophene rings is 1. The van der Waals surface area contributed by atoms with E-state index in [1.807, 2.05) is 22.2 Å². The monoisotopic (exact) mass is 234 g/mol.